The van der Waals surface area contributed by atoms with E-state index in [1.54, 1.807) is 11.1 Å². The SMILES string of the molecule is CCCC1CCC(c2ccc(C3CC(C)(C)N(C)C(C)(C)C3)cc2)CC1. The second-order valence-corrected chi connectivity index (χ2v) is 10.5. The number of rotatable bonds is 4. The minimum Gasteiger partial charge on any atom is -0.296 e. The molecular weight excluding hydrogens is 314 g/mol. The number of nitrogens with zero attached hydrogens (tertiary/aromatic N) is 1. The van der Waals surface area contributed by atoms with Crippen molar-refractivity contribution in [3.8, 4) is 0 Å². The van der Waals surface area contributed by atoms with Crippen LogP contribution in [0.15, 0.2) is 24.3 Å². The summed E-state index contributed by atoms with van der Waals surface area (Å²) in [5.74, 6) is 2.49. The Balaban J connectivity index is 1.67. The second kappa shape index (κ2) is 7.66. The van der Waals surface area contributed by atoms with Crippen LogP contribution >= 0.6 is 0 Å². The van der Waals surface area contributed by atoms with Gasteiger partial charge in [0.25, 0.3) is 0 Å². The molecule has 0 aromatic heterocycles. The zero-order valence-electron chi connectivity index (χ0n) is 18.1. The quantitative estimate of drug-likeness (QED) is 0.555. The maximum Gasteiger partial charge on any atom is 0.0161 e. The lowest BCUT2D eigenvalue weighted by molar-refractivity contribution is -0.0128. The van der Waals surface area contributed by atoms with Crippen LogP contribution in [0.5, 0.6) is 0 Å². The minimum absolute atomic E-state index is 0.267. The molecule has 2 aliphatic rings. The summed E-state index contributed by atoms with van der Waals surface area (Å²) in [6, 6.07) is 9.82. The normalized spacial score (nSPS) is 29.6. The summed E-state index contributed by atoms with van der Waals surface area (Å²) in [4.78, 5) is 2.58. The molecule has 2 fully saturated rings. The molecule has 0 unspecified atom stereocenters. The van der Waals surface area contributed by atoms with Gasteiger partial charge in [-0.1, -0.05) is 44.0 Å². The van der Waals surface area contributed by atoms with Crippen molar-refractivity contribution in [3.63, 3.8) is 0 Å². The average molecular weight is 356 g/mol. The highest BCUT2D eigenvalue weighted by molar-refractivity contribution is 5.29. The average Bonchev–Trinajstić information content (AvgIpc) is 2.60. The van der Waals surface area contributed by atoms with Gasteiger partial charge >= 0.3 is 0 Å². The van der Waals surface area contributed by atoms with Crippen molar-refractivity contribution < 1.29 is 0 Å². The Kier molecular flexibility index (Phi) is 5.87. The molecule has 1 heteroatoms. The van der Waals surface area contributed by atoms with Crippen LogP contribution in [0.2, 0.25) is 0 Å². The monoisotopic (exact) mass is 355 g/mol. The molecule has 1 aliphatic carbocycles. The van der Waals surface area contributed by atoms with Gasteiger partial charge in [0, 0.05) is 11.1 Å². The van der Waals surface area contributed by atoms with Crippen LogP contribution in [0.4, 0.5) is 0 Å². The zero-order chi connectivity index (χ0) is 18.9. The first kappa shape index (κ1) is 19.9. The number of hydrogen-bond acceptors (Lipinski definition) is 1. The molecule has 1 heterocycles. The van der Waals surface area contributed by atoms with E-state index in [9.17, 15) is 0 Å². The zero-order valence-corrected chi connectivity index (χ0v) is 18.1. The highest BCUT2D eigenvalue weighted by Crippen LogP contribution is 2.45. The Bertz CT molecular complexity index is 557. The summed E-state index contributed by atoms with van der Waals surface area (Å²) >= 11 is 0. The smallest absolute Gasteiger partial charge is 0.0161 e. The molecule has 0 spiro atoms. The van der Waals surface area contributed by atoms with E-state index in [0.29, 0.717) is 5.92 Å². The molecule has 1 aromatic rings. The summed E-state index contributed by atoms with van der Waals surface area (Å²) in [5, 5.41) is 0. The van der Waals surface area contributed by atoms with Crippen molar-refractivity contribution >= 4 is 0 Å². The van der Waals surface area contributed by atoms with Gasteiger partial charge in [0.15, 0.2) is 0 Å². The first-order chi connectivity index (χ1) is 12.2. The summed E-state index contributed by atoms with van der Waals surface area (Å²) in [6.07, 6.45) is 11.0. The Morgan fingerprint density at radius 2 is 1.27 bits per heavy atom. The Hall–Kier alpha value is -0.820. The maximum atomic E-state index is 2.58. The van der Waals surface area contributed by atoms with Gasteiger partial charge in [0.1, 0.15) is 0 Å². The van der Waals surface area contributed by atoms with E-state index in [1.807, 2.05) is 0 Å². The fraction of sp³-hybridized carbons (Fsp3) is 0.760. The van der Waals surface area contributed by atoms with E-state index in [2.05, 4.69) is 70.8 Å². The number of likely N-dealkylation sites (tertiary alicyclic amines) is 1. The summed E-state index contributed by atoms with van der Waals surface area (Å²) in [6.45, 7) is 12.0. The van der Waals surface area contributed by atoms with Gasteiger partial charge in [-0.15, -0.1) is 0 Å². The van der Waals surface area contributed by atoms with Gasteiger partial charge in [-0.05, 0) is 102 Å². The lowest BCUT2D eigenvalue weighted by Gasteiger charge is -2.54. The number of hydrogen-bond donors (Lipinski definition) is 0. The second-order valence-electron chi connectivity index (χ2n) is 10.5. The predicted octanol–water partition coefficient (Wildman–Crippen LogP) is 7.13. The maximum absolute atomic E-state index is 2.58. The first-order valence-electron chi connectivity index (χ1n) is 11.1. The highest BCUT2D eigenvalue weighted by atomic mass is 15.2. The number of piperidine rings is 1. The van der Waals surface area contributed by atoms with Crippen LogP contribution in [0.3, 0.4) is 0 Å². The molecule has 26 heavy (non-hydrogen) atoms. The summed E-state index contributed by atoms with van der Waals surface area (Å²) < 4.78 is 0. The summed E-state index contributed by atoms with van der Waals surface area (Å²) in [7, 11) is 2.30. The van der Waals surface area contributed by atoms with E-state index in [0.717, 1.165) is 11.8 Å². The van der Waals surface area contributed by atoms with Crippen molar-refractivity contribution in [3.05, 3.63) is 35.4 Å². The van der Waals surface area contributed by atoms with Gasteiger partial charge in [0.2, 0.25) is 0 Å². The Morgan fingerprint density at radius 3 is 1.73 bits per heavy atom. The third kappa shape index (κ3) is 4.19. The molecule has 0 radical (unpaired) electrons. The van der Waals surface area contributed by atoms with Crippen LogP contribution in [-0.2, 0) is 0 Å². The highest BCUT2D eigenvalue weighted by Gasteiger charge is 2.43. The van der Waals surface area contributed by atoms with Crippen molar-refractivity contribution in [2.45, 2.75) is 109 Å². The van der Waals surface area contributed by atoms with Crippen LogP contribution < -0.4 is 0 Å². The van der Waals surface area contributed by atoms with Gasteiger partial charge in [-0.3, -0.25) is 4.90 Å². The van der Waals surface area contributed by atoms with Crippen molar-refractivity contribution in [1.82, 2.24) is 4.90 Å². The largest absolute Gasteiger partial charge is 0.296 e. The van der Waals surface area contributed by atoms with Gasteiger partial charge in [0.05, 0.1) is 0 Å². The van der Waals surface area contributed by atoms with E-state index >= 15 is 0 Å². The molecule has 146 valence electrons. The lowest BCUT2D eigenvalue weighted by Crippen LogP contribution is -2.58. The molecule has 3 rings (SSSR count). The van der Waals surface area contributed by atoms with E-state index in [-0.39, 0.29) is 11.1 Å². The van der Waals surface area contributed by atoms with E-state index in [1.165, 1.54) is 51.4 Å². The fourth-order valence-electron chi connectivity index (χ4n) is 5.84. The molecule has 0 amide bonds. The first-order valence-corrected chi connectivity index (χ1v) is 11.1. The third-order valence-electron chi connectivity index (χ3n) is 7.73. The number of benzene rings is 1. The van der Waals surface area contributed by atoms with Gasteiger partial charge in [-0.2, -0.15) is 0 Å². The van der Waals surface area contributed by atoms with Gasteiger partial charge in [-0.25, -0.2) is 0 Å². The Labute approximate surface area is 162 Å². The molecule has 0 atom stereocenters. The third-order valence-corrected chi connectivity index (χ3v) is 7.73. The fourth-order valence-corrected chi connectivity index (χ4v) is 5.84. The summed E-state index contributed by atoms with van der Waals surface area (Å²) in [5.41, 5.74) is 3.68. The topological polar surface area (TPSA) is 3.24 Å². The predicted molar refractivity (Wildman–Crippen MR) is 114 cm³/mol. The van der Waals surface area contributed by atoms with Crippen LogP contribution in [0.25, 0.3) is 0 Å². The molecule has 0 bridgehead atoms. The minimum atomic E-state index is 0.267. The van der Waals surface area contributed by atoms with Crippen LogP contribution in [-0.4, -0.2) is 23.0 Å². The van der Waals surface area contributed by atoms with Crippen LogP contribution in [0, 0.1) is 5.92 Å². The van der Waals surface area contributed by atoms with Crippen LogP contribution in [0.1, 0.15) is 109 Å². The van der Waals surface area contributed by atoms with Crippen molar-refractivity contribution in [2.24, 2.45) is 5.92 Å². The molecule has 1 aromatic carbocycles. The molecule has 0 N–H and O–H groups in total. The van der Waals surface area contributed by atoms with Crippen molar-refractivity contribution in [1.29, 1.82) is 0 Å². The molecule has 1 nitrogen and oxygen atoms in total. The molecule has 1 aliphatic heterocycles. The Morgan fingerprint density at radius 1 is 0.808 bits per heavy atom. The molecule has 1 saturated heterocycles. The lowest BCUT2D eigenvalue weighted by atomic mass is 9.71. The molecular formula is C25H41N. The molecule has 1 saturated carbocycles. The van der Waals surface area contributed by atoms with E-state index in [4.69, 9.17) is 0 Å². The standard InChI is InChI=1S/C25H41N/c1-7-8-19-9-11-20(12-10-19)21-13-15-22(16-14-21)23-17-24(2,3)26(6)25(4,5)18-23/h13-16,19-20,23H,7-12,17-18H2,1-6H3. The van der Waals surface area contributed by atoms with Crippen molar-refractivity contribution in [2.75, 3.05) is 7.05 Å². The van der Waals surface area contributed by atoms with Gasteiger partial charge < -0.3 is 0 Å². The van der Waals surface area contributed by atoms with E-state index < -0.39 is 0 Å².